The minimum atomic E-state index is 0.0254. The molecule has 0 spiro atoms. The SMILES string of the molecule is Nc1ccc2cccc3c2c1C(=O)c1ccccc1-3. The van der Waals surface area contributed by atoms with Crippen molar-refractivity contribution in [1.82, 2.24) is 0 Å². The van der Waals surface area contributed by atoms with Crippen LogP contribution in [0, 0.1) is 0 Å². The van der Waals surface area contributed by atoms with Crippen LogP contribution in [0.15, 0.2) is 54.6 Å². The van der Waals surface area contributed by atoms with E-state index in [0.29, 0.717) is 11.3 Å². The first-order chi connectivity index (χ1) is 9.27. The van der Waals surface area contributed by atoms with E-state index < -0.39 is 0 Å². The molecule has 2 nitrogen and oxygen atoms in total. The zero-order valence-corrected chi connectivity index (χ0v) is 10.2. The van der Waals surface area contributed by atoms with Gasteiger partial charge in [-0.15, -0.1) is 0 Å². The van der Waals surface area contributed by atoms with Crippen LogP contribution in [-0.2, 0) is 0 Å². The lowest BCUT2D eigenvalue weighted by Crippen LogP contribution is -2.12. The van der Waals surface area contributed by atoms with Crippen LogP contribution in [0.2, 0.25) is 0 Å². The highest BCUT2D eigenvalue weighted by Crippen LogP contribution is 2.41. The topological polar surface area (TPSA) is 43.1 Å². The molecule has 0 fully saturated rings. The molecule has 0 aliphatic heterocycles. The summed E-state index contributed by atoms with van der Waals surface area (Å²) in [5.41, 5.74) is 10.1. The van der Waals surface area contributed by atoms with Gasteiger partial charge >= 0.3 is 0 Å². The first-order valence-electron chi connectivity index (χ1n) is 6.22. The van der Waals surface area contributed by atoms with Gasteiger partial charge in [-0.05, 0) is 22.6 Å². The number of benzene rings is 3. The van der Waals surface area contributed by atoms with Crippen LogP contribution in [0.25, 0.3) is 21.9 Å². The van der Waals surface area contributed by atoms with Gasteiger partial charge in [0, 0.05) is 16.6 Å². The summed E-state index contributed by atoms with van der Waals surface area (Å²) in [6, 6.07) is 17.6. The number of carbonyl (C=O) groups is 1. The van der Waals surface area contributed by atoms with E-state index in [0.717, 1.165) is 27.5 Å². The zero-order chi connectivity index (χ0) is 13.0. The van der Waals surface area contributed by atoms with Crippen LogP contribution in [0.3, 0.4) is 0 Å². The summed E-state index contributed by atoms with van der Waals surface area (Å²) in [4.78, 5) is 12.6. The Kier molecular flexibility index (Phi) is 1.88. The molecule has 3 aromatic rings. The van der Waals surface area contributed by atoms with Gasteiger partial charge < -0.3 is 5.73 Å². The van der Waals surface area contributed by atoms with Crippen molar-refractivity contribution in [3.63, 3.8) is 0 Å². The van der Waals surface area contributed by atoms with Crippen LogP contribution >= 0.6 is 0 Å². The highest BCUT2D eigenvalue weighted by atomic mass is 16.1. The number of nitrogens with two attached hydrogens (primary N) is 1. The third-order valence-electron chi connectivity index (χ3n) is 3.77. The Morgan fingerprint density at radius 1 is 0.737 bits per heavy atom. The molecule has 2 N–H and O–H groups in total. The summed E-state index contributed by atoms with van der Waals surface area (Å²) < 4.78 is 0. The second-order valence-corrected chi connectivity index (χ2v) is 4.81. The van der Waals surface area contributed by atoms with Gasteiger partial charge in [0.05, 0.1) is 5.56 Å². The fourth-order valence-electron chi connectivity index (χ4n) is 2.92. The summed E-state index contributed by atoms with van der Waals surface area (Å²) in [6.45, 7) is 0. The Bertz CT molecular complexity index is 849. The lowest BCUT2D eigenvalue weighted by molar-refractivity contribution is 0.104. The monoisotopic (exact) mass is 245 g/mol. The summed E-state index contributed by atoms with van der Waals surface area (Å²) in [5.74, 6) is 0.0254. The van der Waals surface area contributed by atoms with Crippen molar-refractivity contribution in [3.8, 4) is 11.1 Å². The van der Waals surface area contributed by atoms with Crippen molar-refractivity contribution in [2.45, 2.75) is 0 Å². The first-order valence-corrected chi connectivity index (χ1v) is 6.22. The fourth-order valence-corrected chi connectivity index (χ4v) is 2.92. The summed E-state index contributed by atoms with van der Waals surface area (Å²) in [6.07, 6.45) is 0. The second-order valence-electron chi connectivity index (χ2n) is 4.81. The van der Waals surface area contributed by atoms with Crippen molar-refractivity contribution >= 4 is 22.2 Å². The standard InChI is InChI=1S/C17H11NO/c18-14-9-8-10-4-3-7-12-11-5-1-2-6-13(11)17(19)16(14)15(10)12/h1-9H,18H2. The molecule has 0 amide bonds. The van der Waals surface area contributed by atoms with Gasteiger partial charge in [-0.2, -0.15) is 0 Å². The molecule has 3 aromatic carbocycles. The number of hydrogen-bond donors (Lipinski definition) is 1. The highest BCUT2D eigenvalue weighted by molar-refractivity contribution is 6.28. The lowest BCUT2D eigenvalue weighted by Gasteiger charge is -2.20. The maximum absolute atomic E-state index is 12.6. The van der Waals surface area contributed by atoms with Crippen LogP contribution in [0.1, 0.15) is 15.9 Å². The average molecular weight is 245 g/mol. The number of rotatable bonds is 0. The van der Waals surface area contributed by atoms with Crippen molar-refractivity contribution in [1.29, 1.82) is 0 Å². The number of anilines is 1. The lowest BCUT2D eigenvalue weighted by atomic mass is 9.82. The van der Waals surface area contributed by atoms with E-state index in [9.17, 15) is 4.79 Å². The third kappa shape index (κ3) is 1.23. The number of carbonyl (C=O) groups excluding carboxylic acids is 1. The van der Waals surface area contributed by atoms with E-state index in [1.807, 2.05) is 48.5 Å². The van der Waals surface area contributed by atoms with Gasteiger partial charge in [-0.25, -0.2) is 0 Å². The molecular formula is C17H11NO. The number of fused-ring (bicyclic) bond motifs is 2. The highest BCUT2D eigenvalue weighted by Gasteiger charge is 2.26. The molecule has 0 saturated carbocycles. The van der Waals surface area contributed by atoms with E-state index >= 15 is 0 Å². The predicted octanol–water partition coefficient (Wildman–Crippen LogP) is 3.63. The van der Waals surface area contributed by atoms with Crippen LogP contribution in [-0.4, -0.2) is 5.78 Å². The Morgan fingerprint density at radius 3 is 2.32 bits per heavy atom. The van der Waals surface area contributed by atoms with Crippen molar-refractivity contribution in [3.05, 3.63) is 65.7 Å². The summed E-state index contributed by atoms with van der Waals surface area (Å²) in [5, 5.41) is 2.04. The Morgan fingerprint density at radius 2 is 1.47 bits per heavy atom. The molecule has 0 aromatic heterocycles. The molecule has 0 unspecified atom stereocenters. The van der Waals surface area contributed by atoms with Gasteiger partial charge in [0.1, 0.15) is 0 Å². The molecule has 4 rings (SSSR count). The minimum Gasteiger partial charge on any atom is -0.398 e. The second kappa shape index (κ2) is 3.45. The van der Waals surface area contributed by atoms with Crippen molar-refractivity contribution in [2.24, 2.45) is 0 Å². The molecular weight excluding hydrogens is 234 g/mol. The molecule has 19 heavy (non-hydrogen) atoms. The van der Waals surface area contributed by atoms with E-state index in [-0.39, 0.29) is 5.78 Å². The number of ketones is 1. The molecule has 0 radical (unpaired) electrons. The smallest absolute Gasteiger partial charge is 0.196 e. The molecule has 90 valence electrons. The largest absolute Gasteiger partial charge is 0.398 e. The number of hydrogen-bond acceptors (Lipinski definition) is 2. The number of nitrogen functional groups attached to an aromatic ring is 1. The van der Waals surface area contributed by atoms with Gasteiger partial charge in [0.2, 0.25) is 0 Å². The quantitative estimate of drug-likeness (QED) is 0.481. The van der Waals surface area contributed by atoms with E-state index in [2.05, 4.69) is 6.07 Å². The molecule has 0 heterocycles. The van der Waals surface area contributed by atoms with E-state index in [1.54, 1.807) is 0 Å². The Hall–Kier alpha value is -2.61. The van der Waals surface area contributed by atoms with Gasteiger partial charge in [0.25, 0.3) is 0 Å². The molecule has 2 heteroatoms. The van der Waals surface area contributed by atoms with Crippen molar-refractivity contribution < 1.29 is 4.79 Å². The summed E-state index contributed by atoms with van der Waals surface area (Å²) in [7, 11) is 0. The Balaban J connectivity index is 2.30. The van der Waals surface area contributed by atoms with Gasteiger partial charge in [-0.1, -0.05) is 48.5 Å². The van der Waals surface area contributed by atoms with Crippen LogP contribution in [0.4, 0.5) is 5.69 Å². The fraction of sp³-hybridized carbons (Fsp3) is 0. The van der Waals surface area contributed by atoms with Gasteiger partial charge in [-0.3, -0.25) is 4.79 Å². The molecule has 0 atom stereocenters. The normalized spacial score (nSPS) is 12.5. The van der Waals surface area contributed by atoms with E-state index in [4.69, 9.17) is 5.73 Å². The molecule has 1 aliphatic rings. The van der Waals surface area contributed by atoms with Crippen LogP contribution < -0.4 is 5.73 Å². The predicted molar refractivity (Wildman–Crippen MR) is 77.2 cm³/mol. The minimum absolute atomic E-state index is 0.0254. The first kappa shape index (κ1) is 10.3. The molecule has 1 aliphatic carbocycles. The van der Waals surface area contributed by atoms with Crippen LogP contribution in [0.5, 0.6) is 0 Å². The Labute approximate surface area is 110 Å². The zero-order valence-electron chi connectivity index (χ0n) is 10.2. The average Bonchev–Trinajstić information content (AvgIpc) is 2.45. The maximum atomic E-state index is 12.6. The molecule has 0 saturated heterocycles. The van der Waals surface area contributed by atoms with Crippen molar-refractivity contribution in [2.75, 3.05) is 5.73 Å². The maximum Gasteiger partial charge on any atom is 0.196 e. The summed E-state index contributed by atoms with van der Waals surface area (Å²) >= 11 is 0. The third-order valence-corrected chi connectivity index (χ3v) is 3.77. The molecule has 0 bridgehead atoms. The van der Waals surface area contributed by atoms with Gasteiger partial charge in [0.15, 0.2) is 5.78 Å². The van der Waals surface area contributed by atoms with E-state index in [1.165, 1.54) is 0 Å².